The molecule has 0 saturated heterocycles. The van der Waals surface area contributed by atoms with Gasteiger partial charge in [-0.1, -0.05) is 23.9 Å². The van der Waals surface area contributed by atoms with Gasteiger partial charge in [0.25, 0.3) is 0 Å². The van der Waals surface area contributed by atoms with Gasteiger partial charge < -0.3 is 21.3 Å². The number of allylic oxidation sites excluding steroid dienone is 2. The second-order valence-corrected chi connectivity index (χ2v) is 9.61. The largest absolute Gasteiger partial charge is 0.480 e. The summed E-state index contributed by atoms with van der Waals surface area (Å²) in [6.07, 6.45) is -1.07. The van der Waals surface area contributed by atoms with Crippen LogP contribution in [0.2, 0.25) is 0 Å². The number of hydrogen-bond acceptors (Lipinski definition) is 7. The highest BCUT2D eigenvalue weighted by Gasteiger charge is 2.30. The van der Waals surface area contributed by atoms with Gasteiger partial charge in [0, 0.05) is 17.5 Å². The molecule has 0 atom stereocenters. The number of aliphatic carboxylic acids is 1. The van der Waals surface area contributed by atoms with Crippen LogP contribution in [0.1, 0.15) is 30.7 Å². The minimum Gasteiger partial charge on any atom is -0.480 e. The number of nitrogens with two attached hydrogens (primary N) is 2. The van der Waals surface area contributed by atoms with Gasteiger partial charge in [-0.3, -0.25) is 4.79 Å². The molecule has 0 bridgehead atoms. The molecule has 0 fully saturated rings. The summed E-state index contributed by atoms with van der Waals surface area (Å²) in [6.45, 7) is 3.46. The lowest BCUT2D eigenvalue weighted by Crippen LogP contribution is -2.26. The zero-order valence-electron chi connectivity index (χ0n) is 16.8. The number of aromatic nitrogens is 1. The number of rotatable bonds is 9. The molecule has 6 nitrogen and oxygen atoms in total. The molecule has 0 spiro atoms. The summed E-state index contributed by atoms with van der Waals surface area (Å²) in [6, 6.07) is 4.47. The van der Waals surface area contributed by atoms with E-state index in [0.29, 0.717) is 16.3 Å². The Kier molecular flexibility index (Phi) is 8.02. The highest BCUT2D eigenvalue weighted by molar-refractivity contribution is 8.02. The minimum absolute atomic E-state index is 0.0895. The number of carboxylic acids is 1. The van der Waals surface area contributed by atoms with Gasteiger partial charge in [-0.25, -0.2) is 4.98 Å². The number of halogens is 3. The van der Waals surface area contributed by atoms with E-state index in [2.05, 4.69) is 4.98 Å². The Hall–Kier alpha value is -2.66. The number of thioether (sulfide) groups is 1. The predicted molar refractivity (Wildman–Crippen MR) is 115 cm³/mol. The Morgan fingerprint density at radius 2 is 1.87 bits per heavy atom. The Balaban J connectivity index is 1.87. The van der Waals surface area contributed by atoms with Gasteiger partial charge in [0.05, 0.1) is 17.9 Å². The van der Waals surface area contributed by atoms with Crippen LogP contribution in [-0.2, 0) is 22.1 Å². The van der Waals surface area contributed by atoms with Crippen molar-refractivity contribution in [2.75, 3.05) is 6.61 Å². The molecule has 0 aliphatic rings. The lowest BCUT2D eigenvalue weighted by atomic mass is 10.1. The summed E-state index contributed by atoms with van der Waals surface area (Å²) in [5.41, 5.74) is 12.3. The van der Waals surface area contributed by atoms with Crippen LogP contribution in [0.5, 0.6) is 0 Å². The summed E-state index contributed by atoms with van der Waals surface area (Å²) < 4.78 is 42.9. The van der Waals surface area contributed by atoms with Gasteiger partial charge >= 0.3 is 12.1 Å². The molecule has 2 aromatic rings. The second kappa shape index (κ2) is 10.1. The fourth-order valence-electron chi connectivity index (χ4n) is 2.15. The van der Waals surface area contributed by atoms with Crippen LogP contribution in [-0.4, -0.2) is 27.4 Å². The molecule has 168 valence electrons. The number of hydrogen-bond donors (Lipinski definition) is 3. The summed E-state index contributed by atoms with van der Waals surface area (Å²) in [5, 5.41) is 11.0. The minimum atomic E-state index is -4.40. The highest BCUT2D eigenvalue weighted by Crippen LogP contribution is 2.34. The number of alkyl halides is 3. The number of carboxylic acid groups (broad SMARTS) is 1. The third-order valence-corrected chi connectivity index (χ3v) is 6.16. The van der Waals surface area contributed by atoms with Crippen molar-refractivity contribution < 1.29 is 27.8 Å². The summed E-state index contributed by atoms with van der Waals surface area (Å²) in [5.74, 6) is -0.828. The molecule has 5 N–H and O–H groups in total. The van der Waals surface area contributed by atoms with E-state index in [9.17, 15) is 23.1 Å². The van der Waals surface area contributed by atoms with Crippen molar-refractivity contribution in [3.63, 3.8) is 0 Å². The van der Waals surface area contributed by atoms with E-state index in [1.807, 2.05) is 5.38 Å². The Morgan fingerprint density at radius 1 is 1.23 bits per heavy atom. The monoisotopic (exact) mass is 473 g/mol. The van der Waals surface area contributed by atoms with Crippen molar-refractivity contribution in [1.29, 1.82) is 0 Å². The molecular formula is C20H22F3N3O3S2. The normalized spacial score (nSPS) is 13.3. The van der Waals surface area contributed by atoms with Gasteiger partial charge in [0.2, 0.25) is 0 Å². The SMILES string of the molecule is CC(C)(Sc1nc(CCO/C(N)=C/C=C(\N)c2ccc(C(F)(F)F)cc2)cs1)C(=O)O. The smallest absolute Gasteiger partial charge is 0.416 e. The van der Waals surface area contributed by atoms with E-state index in [1.165, 1.54) is 47.4 Å². The van der Waals surface area contributed by atoms with E-state index in [-0.39, 0.29) is 18.2 Å². The van der Waals surface area contributed by atoms with Crippen LogP contribution in [0.4, 0.5) is 13.2 Å². The molecule has 0 aliphatic heterocycles. The molecule has 11 heteroatoms. The van der Waals surface area contributed by atoms with Gasteiger partial charge in [-0.05, 0) is 43.7 Å². The maximum atomic E-state index is 12.6. The van der Waals surface area contributed by atoms with E-state index >= 15 is 0 Å². The maximum absolute atomic E-state index is 12.6. The Bertz CT molecular complexity index is 968. The highest BCUT2D eigenvalue weighted by atomic mass is 32.2. The molecule has 31 heavy (non-hydrogen) atoms. The Labute approximate surface area is 185 Å². The third kappa shape index (κ3) is 7.51. The quantitative estimate of drug-likeness (QED) is 0.280. The molecule has 1 aromatic heterocycles. The number of nitrogens with zero attached hydrogens (tertiary/aromatic N) is 1. The fourth-order valence-corrected chi connectivity index (χ4v) is 4.38. The van der Waals surface area contributed by atoms with Crippen molar-refractivity contribution in [3.05, 3.63) is 64.5 Å². The first-order valence-corrected chi connectivity index (χ1v) is 10.7. The first-order chi connectivity index (χ1) is 14.4. The molecular weight excluding hydrogens is 451 g/mol. The van der Waals surface area contributed by atoms with Gasteiger partial charge in [-0.15, -0.1) is 11.3 Å². The fraction of sp³-hybridized carbons (Fsp3) is 0.300. The number of ether oxygens (including phenoxy) is 1. The van der Waals surface area contributed by atoms with E-state index in [0.717, 1.165) is 17.8 Å². The van der Waals surface area contributed by atoms with Gasteiger partial charge in [0.1, 0.15) is 4.75 Å². The zero-order chi connectivity index (χ0) is 23.2. The van der Waals surface area contributed by atoms with Crippen LogP contribution in [0.3, 0.4) is 0 Å². The molecule has 0 saturated carbocycles. The summed E-state index contributed by atoms with van der Waals surface area (Å²) >= 11 is 2.53. The number of thiazole rings is 1. The lowest BCUT2D eigenvalue weighted by Gasteiger charge is -2.15. The summed E-state index contributed by atoms with van der Waals surface area (Å²) in [4.78, 5) is 15.6. The average molecular weight is 474 g/mol. The molecule has 2 rings (SSSR count). The topological polar surface area (TPSA) is 111 Å². The lowest BCUT2D eigenvalue weighted by molar-refractivity contribution is -0.139. The van der Waals surface area contributed by atoms with E-state index in [4.69, 9.17) is 16.2 Å². The average Bonchev–Trinajstić information content (AvgIpc) is 3.11. The number of carbonyl (C=O) groups is 1. The van der Waals surface area contributed by atoms with Crippen LogP contribution < -0.4 is 11.5 Å². The van der Waals surface area contributed by atoms with Gasteiger partial charge in [0.15, 0.2) is 10.2 Å². The van der Waals surface area contributed by atoms with E-state index < -0.39 is 22.5 Å². The van der Waals surface area contributed by atoms with Crippen molar-refractivity contribution >= 4 is 34.8 Å². The third-order valence-electron chi connectivity index (χ3n) is 3.99. The number of benzene rings is 1. The molecule has 0 amide bonds. The molecule has 1 aromatic carbocycles. The van der Waals surface area contributed by atoms with Crippen molar-refractivity contribution in [1.82, 2.24) is 4.98 Å². The molecule has 0 unspecified atom stereocenters. The van der Waals surface area contributed by atoms with Crippen molar-refractivity contribution in [3.8, 4) is 0 Å². The van der Waals surface area contributed by atoms with Crippen molar-refractivity contribution in [2.24, 2.45) is 11.5 Å². The molecule has 0 radical (unpaired) electrons. The molecule has 0 aliphatic carbocycles. The van der Waals surface area contributed by atoms with Gasteiger partial charge in [-0.2, -0.15) is 13.2 Å². The van der Waals surface area contributed by atoms with E-state index in [1.54, 1.807) is 13.8 Å². The molecule has 1 heterocycles. The van der Waals surface area contributed by atoms with Crippen LogP contribution in [0.25, 0.3) is 5.70 Å². The van der Waals surface area contributed by atoms with Crippen LogP contribution >= 0.6 is 23.1 Å². The van der Waals surface area contributed by atoms with Crippen LogP contribution in [0, 0.1) is 0 Å². The maximum Gasteiger partial charge on any atom is 0.416 e. The first-order valence-electron chi connectivity index (χ1n) is 8.98. The standard InChI is InChI=1S/C20H22F3N3O3S2/c1-19(2,17(27)28)31-18-26-14(11-30-18)9-10-29-16(25)8-7-15(24)12-3-5-13(6-4-12)20(21,22)23/h3-8,11H,9-10,24-25H2,1-2H3,(H,27,28)/b15-7-,16-8+. The van der Waals surface area contributed by atoms with Crippen LogP contribution in [0.15, 0.2) is 52.0 Å². The van der Waals surface area contributed by atoms with Crippen molar-refractivity contribution in [2.45, 2.75) is 35.5 Å². The Morgan fingerprint density at radius 3 is 2.45 bits per heavy atom. The summed E-state index contributed by atoms with van der Waals surface area (Å²) in [7, 11) is 0. The first kappa shape index (κ1) is 24.6. The predicted octanol–water partition coefficient (Wildman–Crippen LogP) is 4.48. The second-order valence-electron chi connectivity index (χ2n) is 6.89. The zero-order valence-corrected chi connectivity index (χ0v) is 18.4.